The first-order valence-electron chi connectivity index (χ1n) is 6.25. The van der Waals surface area contributed by atoms with Crippen molar-refractivity contribution < 1.29 is 28.6 Å². The van der Waals surface area contributed by atoms with Crippen LogP contribution >= 0.6 is 0 Å². The molecule has 114 valence electrons. The van der Waals surface area contributed by atoms with Crippen LogP contribution in [0.25, 0.3) is 0 Å². The maximum Gasteiger partial charge on any atom is 0.408 e. The second-order valence-corrected chi connectivity index (χ2v) is 5.31. The molecule has 0 radical (unpaired) electrons. The van der Waals surface area contributed by atoms with E-state index in [-0.39, 0.29) is 13.0 Å². The molecule has 1 fully saturated rings. The molecule has 1 aliphatic rings. The molecule has 1 saturated heterocycles. The minimum absolute atomic E-state index is 0.210. The predicted octanol–water partition coefficient (Wildman–Crippen LogP) is 0.551. The molecular formula is C12H20N2O6. The van der Waals surface area contributed by atoms with Gasteiger partial charge in [-0.2, -0.15) is 0 Å². The third-order valence-electron chi connectivity index (χ3n) is 2.46. The van der Waals surface area contributed by atoms with Crippen LogP contribution < -0.4 is 10.6 Å². The van der Waals surface area contributed by atoms with E-state index in [2.05, 4.69) is 15.4 Å². The van der Waals surface area contributed by atoms with E-state index in [0.29, 0.717) is 0 Å². The molecule has 2 N–H and O–H groups in total. The van der Waals surface area contributed by atoms with Crippen LogP contribution in [0.2, 0.25) is 0 Å². The number of alkyl carbamates (subject to hydrolysis) is 2. The van der Waals surface area contributed by atoms with Gasteiger partial charge in [-0.3, -0.25) is 0 Å². The lowest BCUT2D eigenvalue weighted by Gasteiger charge is -2.20. The lowest BCUT2D eigenvalue weighted by Crippen LogP contribution is -2.42. The number of hydrogen-bond donors (Lipinski definition) is 2. The SMILES string of the molecule is COC(=O)[C@H]1NC(=O)O[C@@H]1CCNC(=O)OC(C)(C)C. The number of rotatable bonds is 4. The van der Waals surface area contributed by atoms with E-state index in [9.17, 15) is 14.4 Å². The quantitative estimate of drug-likeness (QED) is 0.578. The van der Waals surface area contributed by atoms with Crippen LogP contribution in [0.3, 0.4) is 0 Å². The van der Waals surface area contributed by atoms with Crippen molar-refractivity contribution in [2.45, 2.75) is 44.9 Å². The fourth-order valence-corrected chi connectivity index (χ4v) is 1.65. The largest absolute Gasteiger partial charge is 0.467 e. The van der Waals surface area contributed by atoms with Crippen LogP contribution in [0.1, 0.15) is 27.2 Å². The van der Waals surface area contributed by atoms with Crippen molar-refractivity contribution in [3.05, 3.63) is 0 Å². The summed E-state index contributed by atoms with van der Waals surface area (Å²) in [4.78, 5) is 34.0. The second kappa shape index (κ2) is 6.44. The Kier molecular flexibility index (Phi) is 5.18. The molecule has 0 aliphatic carbocycles. The number of esters is 1. The van der Waals surface area contributed by atoms with Crippen LogP contribution in [0.5, 0.6) is 0 Å². The highest BCUT2D eigenvalue weighted by Crippen LogP contribution is 2.13. The number of hydrogen-bond acceptors (Lipinski definition) is 6. The first-order valence-corrected chi connectivity index (χ1v) is 6.25. The van der Waals surface area contributed by atoms with Gasteiger partial charge in [-0.25, -0.2) is 14.4 Å². The number of ether oxygens (including phenoxy) is 3. The van der Waals surface area contributed by atoms with E-state index in [1.54, 1.807) is 20.8 Å². The second-order valence-electron chi connectivity index (χ2n) is 5.31. The molecule has 0 aromatic carbocycles. The highest BCUT2D eigenvalue weighted by atomic mass is 16.6. The van der Waals surface area contributed by atoms with Gasteiger partial charge in [-0.1, -0.05) is 0 Å². The molecule has 1 rings (SSSR count). The van der Waals surface area contributed by atoms with Gasteiger partial charge in [-0.05, 0) is 20.8 Å². The number of carbonyl (C=O) groups is 3. The fraction of sp³-hybridized carbons (Fsp3) is 0.750. The number of nitrogens with one attached hydrogen (secondary N) is 2. The highest BCUT2D eigenvalue weighted by Gasteiger charge is 2.39. The summed E-state index contributed by atoms with van der Waals surface area (Å²) in [6.45, 7) is 5.47. The van der Waals surface area contributed by atoms with Gasteiger partial charge in [0, 0.05) is 13.0 Å². The maximum atomic E-state index is 11.4. The van der Waals surface area contributed by atoms with Crippen LogP contribution in [-0.4, -0.2) is 49.6 Å². The van der Waals surface area contributed by atoms with Crippen molar-refractivity contribution in [2.24, 2.45) is 0 Å². The molecule has 0 unspecified atom stereocenters. The summed E-state index contributed by atoms with van der Waals surface area (Å²) in [5, 5.41) is 4.88. The van der Waals surface area contributed by atoms with Crippen molar-refractivity contribution >= 4 is 18.2 Å². The van der Waals surface area contributed by atoms with Gasteiger partial charge in [0.1, 0.15) is 11.7 Å². The minimum atomic E-state index is -0.854. The van der Waals surface area contributed by atoms with Crippen molar-refractivity contribution in [1.29, 1.82) is 0 Å². The molecule has 0 spiro atoms. The number of carbonyl (C=O) groups excluding carboxylic acids is 3. The Bertz CT molecular complexity index is 390. The summed E-state index contributed by atoms with van der Waals surface area (Å²) in [6, 6.07) is -0.854. The Morgan fingerprint density at radius 3 is 2.60 bits per heavy atom. The zero-order valence-electron chi connectivity index (χ0n) is 12.0. The first kappa shape index (κ1) is 16.1. The molecule has 2 atom stereocenters. The summed E-state index contributed by atoms with van der Waals surface area (Å²) < 4.78 is 14.6. The third kappa shape index (κ3) is 4.94. The summed E-state index contributed by atoms with van der Waals surface area (Å²) in [5.41, 5.74) is -0.583. The monoisotopic (exact) mass is 288 g/mol. The lowest BCUT2D eigenvalue weighted by atomic mass is 10.1. The van der Waals surface area contributed by atoms with E-state index in [0.717, 1.165) is 0 Å². The molecule has 20 heavy (non-hydrogen) atoms. The number of cyclic esters (lactones) is 1. The predicted molar refractivity (Wildman–Crippen MR) is 68.1 cm³/mol. The number of methoxy groups -OCH3 is 1. The van der Waals surface area contributed by atoms with Crippen molar-refractivity contribution in [3.63, 3.8) is 0 Å². The third-order valence-corrected chi connectivity index (χ3v) is 2.46. The fourth-order valence-electron chi connectivity index (χ4n) is 1.65. The Balaban J connectivity index is 2.39. The molecule has 1 aliphatic heterocycles. The van der Waals surface area contributed by atoms with E-state index in [1.807, 2.05) is 0 Å². The van der Waals surface area contributed by atoms with Crippen molar-refractivity contribution in [3.8, 4) is 0 Å². The van der Waals surface area contributed by atoms with Crippen LogP contribution in [0.15, 0.2) is 0 Å². The molecule has 8 nitrogen and oxygen atoms in total. The van der Waals surface area contributed by atoms with Crippen LogP contribution in [-0.2, 0) is 19.0 Å². The Morgan fingerprint density at radius 1 is 1.40 bits per heavy atom. The van der Waals surface area contributed by atoms with Gasteiger partial charge >= 0.3 is 18.2 Å². The summed E-state index contributed by atoms with van der Waals surface area (Å²) in [5.74, 6) is -0.585. The minimum Gasteiger partial charge on any atom is -0.467 e. The maximum absolute atomic E-state index is 11.4. The lowest BCUT2D eigenvalue weighted by molar-refractivity contribution is -0.144. The average Bonchev–Trinajstić information content (AvgIpc) is 2.67. The summed E-state index contributed by atoms with van der Waals surface area (Å²) >= 11 is 0. The van der Waals surface area contributed by atoms with E-state index < -0.39 is 35.9 Å². The van der Waals surface area contributed by atoms with E-state index in [1.165, 1.54) is 7.11 Å². The molecular weight excluding hydrogens is 268 g/mol. The molecule has 2 amide bonds. The zero-order valence-corrected chi connectivity index (χ0v) is 12.0. The average molecular weight is 288 g/mol. The molecule has 0 bridgehead atoms. The molecule has 0 aromatic rings. The normalized spacial score (nSPS) is 21.7. The van der Waals surface area contributed by atoms with Gasteiger partial charge in [0.15, 0.2) is 6.04 Å². The standard InChI is InChI=1S/C12H20N2O6/c1-12(2,3)20-10(16)13-6-5-7-8(9(15)18-4)14-11(17)19-7/h7-8H,5-6H2,1-4H3,(H,13,16)(H,14,17)/t7-,8+/m1/s1. The van der Waals surface area contributed by atoms with Crippen LogP contribution in [0.4, 0.5) is 9.59 Å². The summed E-state index contributed by atoms with van der Waals surface area (Å²) in [6.07, 6.45) is -1.64. The van der Waals surface area contributed by atoms with Gasteiger partial charge in [-0.15, -0.1) is 0 Å². The highest BCUT2D eigenvalue weighted by molar-refractivity contribution is 5.84. The van der Waals surface area contributed by atoms with E-state index >= 15 is 0 Å². The van der Waals surface area contributed by atoms with Gasteiger partial charge in [0.05, 0.1) is 7.11 Å². The van der Waals surface area contributed by atoms with Gasteiger partial charge in [0.25, 0.3) is 0 Å². The van der Waals surface area contributed by atoms with Gasteiger partial charge < -0.3 is 24.8 Å². The zero-order chi connectivity index (χ0) is 15.3. The Hall–Kier alpha value is -1.99. The topological polar surface area (TPSA) is 103 Å². The Morgan fingerprint density at radius 2 is 2.05 bits per heavy atom. The Labute approximate surface area is 117 Å². The molecule has 0 saturated carbocycles. The molecule has 0 aromatic heterocycles. The van der Waals surface area contributed by atoms with Crippen LogP contribution in [0, 0.1) is 0 Å². The van der Waals surface area contributed by atoms with E-state index in [4.69, 9.17) is 9.47 Å². The first-order chi connectivity index (χ1) is 9.23. The molecule has 8 heteroatoms. The van der Waals surface area contributed by atoms with Crippen molar-refractivity contribution in [2.75, 3.05) is 13.7 Å². The summed E-state index contributed by atoms with van der Waals surface area (Å²) in [7, 11) is 1.23. The molecule has 1 heterocycles. The van der Waals surface area contributed by atoms with Crippen molar-refractivity contribution in [1.82, 2.24) is 10.6 Å². The number of amides is 2. The smallest absolute Gasteiger partial charge is 0.408 e. The van der Waals surface area contributed by atoms with Gasteiger partial charge in [0.2, 0.25) is 0 Å².